The van der Waals surface area contributed by atoms with Crippen molar-refractivity contribution in [1.82, 2.24) is 0 Å². The molecule has 0 unspecified atom stereocenters. The molecule has 0 saturated carbocycles. The van der Waals surface area contributed by atoms with E-state index < -0.39 is 0 Å². The SMILES string of the molecule is CC(C)(C)[N-]CCCCC1=CC=CC1.CC[N-]C.CC[N-]C.[CH3-].[Ti+4]. The summed E-state index contributed by atoms with van der Waals surface area (Å²) in [6, 6.07) is 0. The molecule has 4 heteroatoms. The molecule has 1 aliphatic carbocycles. The first-order valence-corrected chi connectivity index (χ1v) is 8.55. The first-order valence-electron chi connectivity index (χ1n) is 8.55. The molecule has 1 rings (SSSR count). The van der Waals surface area contributed by atoms with Crippen LogP contribution < -0.4 is 0 Å². The van der Waals surface area contributed by atoms with Crippen molar-refractivity contribution in [2.75, 3.05) is 33.7 Å². The number of rotatable bonds is 7. The molecule has 140 valence electrons. The van der Waals surface area contributed by atoms with Crippen molar-refractivity contribution < 1.29 is 21.7 Å². The van der Waals surface area contributed by atoms with Crippen LogP contribution in [0.1, 0.15) is 60.3 Å². The van der Waals surface area contributed by atoms with Gasteiger partial charge in [-0.25, -0.2) is 0 Å². The van der Waals surface area contributed by atoms with Gasteiger partial charge in [-0.05, 0) is 12.8 Å². The van der Waals surface area contributed by atoms with Crippen LogP contribution in [0.15, 0.2) is 23.8 Å². The van der Waals surface area contributed by atoms with Gasteiger partial charge in [0.2, 0.25) is 0 Å². The van der Waals surface area contributed by atoms with Gasteiger partial charge in [0, 0.05) is 0 Å². The molecule has 0 amide bonds. The largest absolute Gasteiger partial charge is 4.00 e. The average Bonchev–Trinajstić information content (AvgIpc) is 2.99. The normalized spacial score (nSPS) is 11.9. The van der Waals surface area contributed by atoms with Crippen LogP contribution in [0.25, 0.3) is 16.0 Å². The van der Waals surface area contributed by atoms with E-state index in [4.69, 9.17) is 0 Å². The fraction of sp³-hybridized carbons (Fsp3) is 0.750. The summed E-state index contributed by atoms with van der Waals surface area (Å²) >= 11 is 0. The molecule has 0 bridgehead atoms. The second-order valence-electron chi connectivity index (χ2n) is 6.23. The predicted octanol–water partition coefficient (Wildman–Crippen LogP) is 6.68. The molecule has 0 aromatic carbocycles. The fourth-order valence-corrected chi connectivity index (χ4v) is 1.56. The summed E-state index contributed by atoms with van der Waals surface area (Å²) in [6.07, 6.45) is 11.6. The molecule has 3 nitrogen and oxygen atoms in total. The van der Waals surface area contributed by atoms with Gasteiger partial charge in [0.05, 0.1) is 0 Å². The van der Waals surface area contributed by atoms with Crippen LogP contribution >= 0.6 is 0 Å². The van der Waals surface area contributed by atoms with Gasteiger partial charge >= 0.3 is 21.7 Å². The van der Waals surface area contributed by atoms with Gasteiger partial charge in [0.1, 0.15) is 0 Å². The monoisotopic (exact) mass is 371 g/mol. The third kappa shape index (κ3) is 30.0. The predicted molar refractivity (Wildman–Crippen MR) is 110 cm³/mol. The first-order chi connectivity index (χ1) is 10.4. The van der Waals surface area contributed by atoms with Crippen LogP contribution in [0.5, 0.6) is 0 Å². The van der Waals surface area contributed by atoms with E-state index >= 15 is 0 Å². The molecule has 1 aliphatic rings. The minimum absolute atomic E-state index is 0. The molecule has 24 heavy (non-hydrogen) atoms. The molecular weight excluding hydrogens is 330 g/mol. The Morgan fingerprint density at radius 3 is 1.83 bits per heavy atom. The van der Waals surface area contributed by atoms with Crippen LogP contribution in [0, 0.1) is 7.43 Å². The van der Waals surface area contributed by atoms with E-state index in [-0.39, 0.29) is 34.7 Å². The van der Waals surface area contributed by atoms with E-state index in [9.17, 15) is 0 Å². The number of nitrogens with zero attached hydrogens (tertiary/aromatic N) is 3. The summed E-state index contributed by atoms with van der Waals surface area (Å²) in [5.74, 6) is 0. The Bertz CT molecular complexity index is 273. The molecule has 0 atom stereocenters. The van der Waals surface area contributed by atoms with E-state index in [1.165, 1.54) is 25.7 Å². The Kier molecular flexibility index (Phi) is 30.6. The Morgan fingerprint density at radius 1 is 1.00 bits per heavy atom. The van der Waals surface area contributed by atoms with Crippen molar-refractivity contribution in [3.8, 4) is 0 Å². The Hall–Kier alpha value is 0.0743. The van der Waals surface area contributed by atoms with Crippen molar-refractivity contribution in [2.45, 2.75) is 65.8 Å². The number of unbranched alkanes of at least 4 members (excludes halogenated alkanes) is 1. The van der Waals surface area contributed by atoms with Gasteiger partial charge in [-0.3, -0.25) is 0 Å². The Balaban J connectivity index is -0.000000170. The molecule has 0 fully saturated rings. The fourth-order valence-electron chi connectivity index (χ4n) is 1.56. The van der Waals surface area contributed by atoms with Gasteiger partial charge in [0.25, 0.3) is 0 Å². The van der Waals surface area contributed by atoms with Gasteiger partial charge in [-0.2, -0.15) is 27.2 Å². The van der Waals surface area contributed by atoms with Crippen LogP contribution in [-0.2, 0) is 21.7 Å². The Morgan fingerprint density at radius 2 is 1.50 bits per heavy atom. The summed E-state index contributed by atoms with van der Waals surface area (Å²) in [5.41, 5.74) is 1.73. The molecule has 0 spiro atoms. The van der Waals surface area contributed by atoms with E-state index in [0.29, 0.717) is 0 Å². The molecule has 0 radical (unpaired) electrons. The van der Waals surface area contributed by atoms with E-state index in [2.05, 4.69) is 54.9 Å². The first kappa shape index (κ1) is 31.8. The molecule has 0 aliphatic heterocycles. The van der Waals surface area contributed by atoms with E-state index in [1.807, 2.05) is 13.8 Å². The third-order valence-corrected chi connectivity index (χ3v) is 2.97. The van der Waals surface area contributed by atoms with Crippen molar-refractivity contribution in [3.05, 3.63) is 47.2 Å². The summed E-state index contributed by atoms with van der Waals surface area (Å²) < 4.78 is 0. The zero-order valence-electron chi connectivity index (χ0n) is 17.5. The summed E-state index contributed by atoms with van der Waals surface area (Å²) in [6.45, 7) is 13.4. The number of allylic oxidation sites excluding steroid dienone is 4. The summed E-state index contributed by atoms with van der Waals surface area (Å²) in [5, 5.41) is 12.1. The molecular formula is C20H41N3Ti. The standard InChI is InChI=1S/C13H22N.2C3H8N.CH3.Ti/c1-13(2,3)14-11-7-6-10-12-8-4-5-9-12;2*1-3-4-2;;/h4-5,8H,6-7,9-11H2,1-3H3;2*3H2,1-2H3;1H3;/q4*-1;+4. The van der Waals surface area contributed by atoms with Crippen LogP contribution in [0.2, 0.25) is 0 Å². The van der Waals surface area contributed by atoms with Crippen molar-refractivity contribution in [2.24, 2.45) is 0 Å². The second kappa shape index (κ2) is 23.1. The zero-order chi connectivity index (χ0) is 17.3. The maximum absolute atomic E-state index is 4.59. The number of hydrogen-bond donors (Lipinski definition) is 0. The van der Waals surface area contributed by atoms with Crippen LogP contribution in [0.3, 0.4) is 0 Å². The van der Waals surface area contributed by atoms with E-state index in [0.717, 1.165) is 19.6 Å². The minimum Gasteiger partial charge on any atom is -0.665 e. The maximum Gasteiger partial charge on any atom is 4.00 e. The van der Waals surface area contributed by atoms with Crippen molar-refractivity contribution in [1.29, 1.82) is 0 Å². The summed E-state index contributed by atoms with van der Waals surface area (Å²) in [7, 11) is 3.61. The average molecular weight is 371 g/mol. The second-order valence-corrected chi connectivity index (χ2v) is 6.23. The quantitative estimate of drug-likeness (QED) is 0.272. The van der Waals surface area contributed by atoms with Gasteiger partial charge < -0.3 is 23.4 Å². The molecule has 0 aromatic heterocycles. The molecule has 0 aromatic rings. The van der Waals surface area contributed by atoms with Crippen LogP contribution in [-0.4, -0.2) is 39.3 Å². The summed E-state index contributed by atoms with van der Waals surface area (Å²) in [4.78, 5) is 0. The zero-order valence-corrected chi connectivity index (χ0v) is 19.1. The molecule has 0 heterocycles. The van der Waals surface area contributed by atoms with Crippen molar-refractivity contribution in [3.63, 3.8) is 0 Å². The van der Waals surface area contributed by atoms with Gasteiger partial charge in [0.15, 0.2) is 0 Å². The van der Waals surface area contributed by atoms with Gasteiger partial charge in [-0.15, -0.1) is 12.1 Å². The number of hydrogen-bond acceptors (Lipinski definition) is 0. The Labute approximate surface area is 168 Å². The minimum atomic E-state index is 0. The van der Waals surface area contributed by atoms with Crippen LogP contribution in [0.4, 0.5) is 0 Å². The van der Waals surface area contributed by atoms with Gasteiger partial charge in [-0.1, -0.05) is 71.3 Å². The smallest absolute Gasteiger partial charge is 0.665 e. The van der Waals surface area contributed by atoms with E-state index in [1.54, 1.807) is 19.7 Å². The molecule has 0 saturated heterocycles. The molecule has 0 N–H and O–H groups in total. The third-order valence-electron chi connectivity index (χ3n) is 2.97. The van der Waals surface area contributed by atoms with Crippen molar-refractivity contribution >= 4 is 0 Å². The topological polar surface area (TPSA) is 42.3 Å². The maximum atomic E-state index is 4.59.